The fourth-order valence-electron chi connectivity index (χ4n) is 3.56. The standard InChI is InChI=1S/C24H24FN3O2/c1-17-5-6-20(24(29)27-21-4-2-3-18(13-21)16-25)14-22(17)19-7-8-26-23(15-19)28-9-11-30-12-10-28/h2-8,13-15H,9-12,16H2,1H3,(H,27,29). The number of nitrogens with one attached hydrogen (secondary N) is 1. The molecule has 2 aromatic carbocycles. The molecule has 1 aromatic heterocycles. The van der Waals surface area contributed by atoms with E-state index in [4.69, 9.17) is 4.74 Å². The van der Waals surface area contributed by atoms with Crippen molar-refractivity contribution in [2.45, 2.75) is 13.6 Å². The van der Waals surface area contributed by atoms with Crippen LogP contribution in [0, 0.1) is 6.92 Å². The molecule has 1 fully saturated rings. The van der Waals surface area contributed by atoms with Crippen LogP contribution in [-0.2, 0) is 11.4 Å². The average Bonchev–Trinajstić information content (AvgIpc) is 2.80. The van der Waals surface area contributed by atoms with Gasteiger partial charge in [-0.25, -0.2) is 9.37 Å². The molecule has 3 aromatic rings. The van der Waals surface area contributed by atoms with Gasteiger partial charge in [-0.3, -0.25) is 4.79 Å². The van der Waals surface area contributed by atoms with Crippen molar-refractivity contribution in [2.75, 3.05) is 36.5 Å². The number of hydrogen-bond acceptors (Lipinski definition) is 4. The number of nitrogens with zero attached hydrogens (tertiary/aromatic N) is 2. The Bertz CT molecular complexity index is 1050. The van der Waals surface area contributed by atoms with Crippen LogP contribution >= 0.6 is 0 Å². The number of amides is 1. The summed E-state index contributed by atoms with van der Waals surface area (Å²) in [5.74, 6) is 0.683. The number of carbonyl (C=O) groups is 1. The molecule has 0 aliphatic carbocycles. The van der Waals surface area contributed by atoms with Gasteiger partial charge in [-0.1, -0.05) is 18.2 Å². The van der Waals surface area contributed by atoms with Crippen LogP contribution in [0.4, 0.5) is 15.9 Å². The molecule has 0 spiro atoms. The van der Waals surface area contributed by atoms with Crippen molar-refractivity contribution in [2.24, 2.45) is 0 Å². The number of aryl methyl sites for hydroxylation is 1. The number of rotatable bonds is 5. The molecule has 1 N–H and O–H groups in total. The van der Waals surface area contributed by atoms with Crippen molar-refractivity contribution in [1.82, 2.24) is 4.98 Å². The van der Waals surface area contributed by atoms with Gasteiger partial charge in [0, 0.05) is 30.5 Å². The van der Waals surface area contributed by atoms with E-state index in [1.54, 1.807) is 36.5 Å². The van der Waals surface area contributed by atoms with Crippen LogP contribution in [0.15, 0.2) is 60.8 Å². The second-order valence-electron chi connectivity index (χ2n) is 7.32. The Hall–Kier alpha value is -3.25. The van der Waals surface area contributed by atoms with E-state index in [-0.39, 0.29) is 5.91 Å². The highest BCUT2D eigenvalue weighted by atomic mass is 19.1. The SMILES string of the molecule is Cc1ccc(C(=O)Nc2cccc(CF)c2)cc1-c1ccnc(N2CCOCC2)c1. The van der Waals surface area contributed by atoms with E-state index in [0.29, 0.717) is 30.0 Å². The quantitative estimate of drug-likeness (QED) is 0.673. The van der Waals surface area contributed by atoms with Gasteiger partial charge in [0.15, 0.2) is 0 Å². The summed E-state index contributed by atoms with van der Waals surface area (Å²) in [6.45, 7) is 4.49. The Kier molecular flexibility index (Phi) is 6.05. The highest BCUT2D eigenvalue weighted by molar-refractivity contribution is 6.05. The maximum absolute atomic E-state index is 12.9. The fraction of sp³-hybridized carbons (Fsp3) is 0.250. The third kappa shape index (κ3) is 4.49. The molecule has 6 heteroatoms. The monoisotopic (exact) mass is 405 g/mol. The second kappa shape index (κ2) is 9.05. The third-order valence-corrected chi connectivity index (χ3v) is 5.23. The van der Waals surface area contributed by atoms with E-state index in [9.17, 15) is 9.18 Å². The van der Waals surface area contributed by atoms with Crippen LogP contribution in [0.2, 0.25) is 0 Å². The first-order valence-electron chi connectivity index (χ1n) is 10.00. The van der Waals surface area contributed by atoms with E-state index in [0.717, 1.165) is 35.6 Å². The summed E-state index contributed by atoms with van der Waals surface area (Å²) >= 11 is 0. The largest absolute Gasteiger partial charge is 0.378 e. The molecule has 4 rings (SSSR count). The van der Waals surface area contributed by atoms with Crippen molar-refractivity contribution < 1.29 is 13.9 Å². The number of carbonyl (C=O) groups excluding carboxylic acids is 1. The molecule has 0 saturated carbocycles. The van der Waals surface area contributed by atoms with Gasteiger partial charge in [0.25, 0.3) is 5.91 Å². The Morgan fingerprint density at radius 1 is 1.13 bits per heavy atom. The first-order chi connectivity index (χ1) is 14.6. The predicted molar refractivity (Wildman–Crippen MR) is 117 cm³/mol. The maximum Gasteiger partial charge on any atom is 0.255 e. The van der Waals surface area contributed by atoms with Gasteiger partial charge < -0.3 is 15.0 Å². The number of ether oxygens (including phenoxy) is 1. The van der Waals surface area contributed by atoms with Crippen molar-refractivity contribution >= 4 is 17.4 Å². The molecule has 30 heavy (non-hydrogen) atoms. The van der Waals surface area contributed by atoms with Gasteiger partial charge in [-0.2, -0.15) is 0 Å². The third-order valence-electron chi connectivity index (χ3n) is 5.23. The Balaban J connectivity index is 1.59. The summed E-state index contributed by atoms with van der Waals surface area (Å²) in [5.41, 5.74) is 4.73. The van der Waals surface area contributed by atoms with Gasteiger partial charge in [-0.05, 0) is 65.6 Å². The molecule has 0 atom stereocenters. The van der Waals surface area contributed by atoms with Crippen LogP contribution in [0.5, 0.6) is 0 Å². The summed E-state index contributed by atoms with van der Waals surface area (Å²) in [7, 11) is 0. The molecule has 154 valence electrons. The molecule has 0 unspecified atom stereocenters. The lowest BCUT2D eigenvalue weighted by atomic mass is 9.98. The van der Waals surface area contributed by atoms with E-state index < -0.39 is 6.67 Å². The van der Waals surface area contributed by atoms with Crippen LogP contribution < -0.4 is 10.2 Å². The van der Waals surface area contributed by atoms with Crippen molar-refractivity contribution in [3.05, 3.63) is 77.5 Å². The number of benzene rings is 2. The lowest BCUT2D eigenvalue weighted by Crippen LogP contribution is -2.36. The van der Waals surface area contributed by atoms with Gasteiger partial charge in [-0.15, -0.1) is 0 Å². The number of morpholine rings is 1. The van der Waals surface area contributed by atoms with Gasteiger partial charge in [0.2, 0.25) is 0 Å². The van der Waals surface area contributed by atoms with Crippen molar-refractivity contribution in [1.29, 1.82) is 0 Å². The molecule has 1 aliphatic heterocycles. The van der Waals surface area contributed by atoms with Crippen LogP contribution in [0.1, 0.15) is 21.5 Å². The van der Waals surface area contributed by atoms with Gasteiger partial charge in [0.1, 0.15) is 12.5 Å². The summed E-state index contributed by atoms with van der Waals surface area (Å²) < 4.78 is 18.3. The summed E-state index contributed by atoms with van der Waals surface area (Å²) in [5, 5.41) is 2.85. The van der Waals surface area contributed by atoms with Gasteiger partial charge >= 0.3 is 0 Å². The van der Waals surface area contributed by atoms with Crippen LogP contribution in [-0.4, -0.2) is 37.2 Å². The lowest BCUT2D eigenvalue weighted by Gasteiger charge is -2.28. The summed E-state index contributed by atoms with van der Waals surface area (Å²) in [6.07, 6.45) is 1.80. The van der Waals surface area contributed by atoms with Crippen molar-refractivity contribution in [3.63, 3.8) is 0 Å². The molecular weight excluding hydrogens is 381 g/mol. The molecule has 0 radical (unpaired) electrons. The zero-order valence-corrected chi connectivity index (χ0v) is 16.9. The van der Waals surface area contributed by atoms with Gasteiger partial charge in [0.05, 0.1) is 13.2 Å². The number of halogens is 1. The minimum atomic E-state index is -0.564. The normalized spacial score (nSPS) is 13.9. The molecule has 1 amide bonds. The molecule has 1 aliphatic rings. The number of pyridine rings is 1. The first-order valence-corrected chi connectivity index (χ1v) is 10.00. The topological polar surface area (TPSA) is 54.5 Å². The number of aromatic nitrogens is 1. The fourth-order valence-corrected chi connectivity index (χ4v) is 3.56. The molecule has 5 nitrogen and oxygen atoms in total. The second-order valence-corrected chi connectivity index (χ2v) is 7.32. The van der Waals surface area contributed by atoms with E-state index >= 15 is 0 Å². The smallest absolute Gasteiger partial charge is 0.255 e. The molecule has 1 saturated heterocycles. The number of alkyl halides is 1. The zero-order valence-electron chi connectivity index (χ0n) is 16.9. The highest BCUT2D eigenvalue weighted by Gasteiger charge is 2.15. The number of anilines is 2. The lowest BCUT2D eigenvalue weighted by molar-refractivity contribution is 0.102. The summed E-state index contributed by atoms with van der Waals surface area (Å²) in [6, 6.07) is 16.5. The van der Waals surface area contributed by atoms with E-state index in [1.807, 2.05) is 25.1 Å². The Morgan fingerprint density at radius 3 is 2.77 bits per heavy atom. The summed E-state index contributed by atoms with van der Waals surface area (Å²) in [4.78, 5) is 19.5. The Morgan fingerprint density at radius 2 is 1.97 bits per heavy atom. The van der Waals surface area contributed by atoms with Crippen LogP contribution in [0.25, 0.3) is 11.1 Å². The highest BCUT2D eigenvalue weighted by Crippen LogP contribution is 2.28. The minimum Gasteiger partial charge on any atom is -0.378 e. The molecular formula is C24H24FN3O2. The predicted octanol–water partition coefficient (Wildman–Crippen LogP) is 4.62. The minimum absolute atomic E-state index is 0.227. The Labute approximate surface area is 175 Å². The average molecular weight is 405 g/mol. The maximum atomic E-state index is 12.9. The molecule has 0 bridgehead atoms. The van der Waals surface area contributed by atoms with E-state index in [2.05, 4.69) is 21.3 Å². The molecule has 2 heterocycles. The van der Waals surface area contributed by atoms with E-state index in [1.165, 1.54) is 0 Å². The number of hydrogen-bond donors (Lipinski definition) is 1. The van der Waals surface area contributed by atoms with Crippen LogP contribution in [0.3, 0.4) is 0 Å². The first kappa shape index (κ1) is 20.0. The van der Waals surface area contributed by atoms with Crippen molar-refractivity contribution in [3.8, 4) is 11.1 Å². The zero-order chi connectivity index (χ0) is 20.9.